The van der Waals surface area contributed by atoms with E-state index in [-0.39, 0.29) is 5.69 Å². The van der Waals surface area contributed by atoms with Crippen LogP contribution in [0.2, 0.25) is 5.02 Å². The van der Waals surface area contributed by atoms with Crippen LogP contribution in [-0.4, -0.2) is 16.1 Å². The molecule has 0 radical (unpaired) electrons. The standard InChI is InChI=1S/C6H5ClN2O2/c7-4-1-2-8-5(3-4)6(10)9-11/h1-3,11H,(H,9,10). The maximum Gasteiger partial charge on any atom is 0.293 e. The number of aromatic nitrogens is 1. The van der Waals surface area contributed by atoms with E-state index >= 15 is 0 Å². The van der Waals surface area contributed by atoms with E-state index in [1.54, 1.807) is 0 Å². The molecule has 11 heavy (non-hydrogen) atoms. The fourth-order valence-corrected chi connectivity index (χ4v) is 0.746. The van der Waals surface area contributed by atoms with Crippen LogP contribution in [0.1, 0.15) is 10.5 Å². The molecule has 2 N–H and O–H groups in total. The van der Waals surface area contributed by atoms with Crippen LogP contribution < -0.4 is 5.48 Å². The molecule has 0 aliphatic heterocycles. The number of nitrogens with one attached hydrogen (secondary N) is 1. The Kier molecular flexibility index (Phi) is 2.40. The van der Waals surface area contributed by atoms with Crippen LogP contribution in [-0.2, 0) is 0 Å². The van der Waals surface area contributed by atoms with Crippen molar-refractivity contribution in [3.63, 3.8) is 0 Å². The third kappa shape index (κ3) is 1.89. The molecule has 0 saturated heterocycles. The van der Waals surface area contributed by atoms with Gasteiger partial charge in [-0.25, -0.2) is 5.48 Å². The molecule has 0 saturated carbocycles. The number of amides is 1. The SMILES string of the molecule is O=C(NO)c1cc(Cl)ccn1. The number of carbonyl (C=O) groups excluding carboxylic acids is 1. The first-order valence-corrected chi connectivity index (χ1v) is 3.18. The van der Waals surface area contributed by atoms with Crippen LogP contribution in [0.4, 0.5) is 0 Å². The summed E-state index contributed by atoms with van der Waals surface area (Å²) in [6.07, 6.45) is 1.38. The zero-order valence-corrected chi connectivity index (χ0v) is 6.17. The molecule has 1 aromatic heterocycles. The molecule has 1 rings (SSSR count). The lowest BCUT2D eigenvalue weighted by Gasteiger charge is -1.96. The molecule has 0 aliphatic rings. The highest BCUT2D eigenvalue weighted by atomic mass is 35.5. The second kappa shape index (κ2) is 3.32. The average Bonchev–Trinajstić information content (AvgIpc) is 2.03. The molecule has 0 aromatic carbocycles. The molecule has 5 heteroatoms. The fourth-order valence-electron chi connectivity index (χ4n) is 0.586. The summed E-state index contributed by atoms with van der Waals surface area (Å²) in [7, 11) is 0. The molecular weight excluding hydrogens is 168 g/mol. The Balaban J connectivity index is 2.96. The van der Waals surface area contributed by atoms with Crippen LogP contribution in [0.25, 0.3) is 0 Å². The minimum absolute atomic E-state index is 0.0833. The molecule has 0 atom stereocenters. The molecule has 0 bridgehead atoms. The van der Waals surface area contributed by atoms with Crippen LogP contribution in [0, 0.1) is 0 Å². The molecule has 1 amide bonds. The molecule has 58 valence electrons. The van der Waals surface area contributed by atoms with Gasteiger partial charge >= 0.3 is 0 Å². The predicted molar refractivity (Wildman–Crippen MR) is 38.5 cm³/mol. The van der Waals surface area contributed by atoms with Crippen molar-refractivity contribution in [2.24, 2.45) is 0 Å². The normalized spacial score (nSPS) is 9.27. The molecule has 0 unspecified atom stereocenters. The predicted octanol–water partition coefficient (Wildman–Crippen LogP) is 0.854. The monoisotopic (exact) mass is 172 g/mol. The fraction of sp³-hybridized carbons (Fsp3) is 0. The highest BCUT2D eigenvalue weighted by molar-refractivity contribution is 6.30. The van der Waals surface area contributed by atoms with Gasteiger partial charge in [0.15, 0.2) is 0 Å². The van der Waals surface area contributed by atoms with E-state index < -0.39 is 5.91 Å². The zero-order valence-electron chi connectivity index (χ0n) is 5.41. The molecule has 0 fully saturated rings. The smallest absolute Gasteiger partial charge is 0.288 e. The molecule has 1 heterocycles. The van der Waals surface area contributed by atoms with Gasteiger partial charge in [-0.2, -0.15) is 0 Å². The summed E-state index contributed by atoms with van der Waals surface area (Å²) in [5.74, 6) is -0.674. The van der Waals surface area contributed by atoms with E-state index in [1.807, 2.05) is 0 Å². The number of hydroxylamine groups is 1. The van der Waals surface area contributed by atoms with Crippen molar-refractivity contribution >= 4 is 17.5 Å². The molecule has 0 aliphatic carbocycles. The van der Waals surface area contributed by atoms with Gasteiger partial charge in [-0.1, -0.05) is 11.6 Å². The van der Waals surface area contributed by atoms with Gasteiger partial charge in [-0.05, 0) is 12.1 Å². The summed E-state index contributed by atoms with van der Waals surface area (Å²) in [4.78, 5) is 14.3. The van der Waals surface area contributed by atoms with Crippen molar-refractivity contribution in [3.05, 3.63) is 29.0 Å². The van der Waals surface area contributed by atoms with Gasteiger partial charge in [0.1, 0.15) is 5.69 Å². The summed E-state index contributed by atoms with van der Waals surface area (Å²) >= 11 is 5.54. The molecule has 1 aromatic rings. The Labute approximate surface area is 67.8 Å². The number of pyridine rings is 1. The van der Waals surface area contributed by atoms with Crippen molar-refractivity contribution in [2.45, 2.75) is 0 Å². The molecule has 0 spiro atoms. The number of hydrogen-bond acceptors (Lipinski definition) is 3. The second-order valence-corrected chi connectivity index (χ2v) is 2.24. The van der Waals surface area contributed by atoms with Gasteiger partial charge in [0.25, 0.3) is 5.91 Å². The van der Waals surface area contributed by atoms with Gasteiger partial charge in [0.2, 0.25) is 0 Å². The largest absolute Gasteiger partial charge is 0.293 e. The quantitative estimate of drug-likeness (QED) is 0.488. The topological polar surface area (TPSA) is 62.2 Å². The lowest BCUT2D eigenvalue weighted by Crippen LogP contribution is -2.19. The van der Waals surface area contributed by atoms with Crippen LogP contribution >= 0.6 is 11.6 Å². The number of halogens is 1. The van der Waals surface area contributed by atoms with Crippen molar-refractivity contribution < 1.29 is 10.0 Å². The third-order valence-electron chi connectivity index (χ3n) is 1.06. The Morgan fingerprint density at radius 3 is 3.00 bits per heavy atom. The lowest BCUT2D eigenvalue weighted by atomic mass is 10.3. The summed E-state index contributed by atoms with van der Waals surface area (Å²) in [6, 6.07) is 2.89. The van der Waals surface area contributed by atoms with Crippen molar-refractivity contribution in [1.82, 2.24) is 10.5 Å². The maximum absolute atomic E-state index is 10.7. The second-order valence-electron chi connectivity index (χ2n) is 1.80. The first-order valence-electron chi connectivity index (χ1n) is 2.80. The number of hydrogen-bond donors (Lipinski definition) is 2. The lowest BCUT2D eigenvalue weighted by molar-refractivity contribution is 0.0701. The van der Waals surface area contributed by atoms with Crippen molar-refractivity contribution in [1.29, 1.82) is 0 Å². The first-order chi connectivity index (χ1) is 5.24. The van der Waals surface area contributed by atoms with Crippen LogP contribution in [0.5, 0.6) is 0 Å². The summed E-state index contributed by atoms with van der Waals surface area (Å²) in [5.41, 5.74) is 1.53. The van der Waals surface area contributed by atoms with Crippen molar-refractivity contribution in [2.75, 3.05) is 0 Å². The third-order valence-corrected chi connectivity index (χ3v) is 1.29. The van der Waals surface area contributed by atoms with E-state index in [9.17, 15) is 4.79 Å². The highest BCUT2D eigenvalue weighted by Crippen LogP contribution is 2.07. The number of nitrogens with zero attached hydrogens (tertiary/aromatic N) is 1. The molecular formula is C6H5ClN2O2. The zero-order chi connectivity index (χ0) is 8.27. The van der Waals surface area contributed by atoms with Gasteiger partial charge in [0, 0.05) is 11.2 Å². The minimum atomic E-state index is -0.674. The summed E-state index contributed by atoms with van der Waals surface area (Å²) in [6.45, 7) is 0. The van der Waals surface area contributed by atoms with E-state index in [1.165, 1.54) is 23.8 Å². The van der Waals surface area contributed by atoms with E-state index in [2.05, 4.69) is 4.98 Å². The Morgan fingerprint density at radius 1 is 1.73 bits per heavy atom. The van der Waals surface area contributed by atoms with Crippen LogP contribution in [0.3, 0.4) is 0 Å². The first kappa shape index (κ1) is 7.97. The highest BCUT2D eigenvalue weighted by Gasteiger charge is 2.04. The van der Waals surface area contributed by atoms with E-state index in [0.717, 1.165) is 0 Å². The summed E-state index contributed by atoms with van der Waals surface area (Å²) in [5, 5.41) is 8.60. The maximum atomic E-state index is 10.7. The van der Waals surface area contributed by atoms with E-state index in [0.29, 0.717) is 5.02 Å². The van der Waals surface area contributed by atoms with Gasteiger partial charge in [-0.3, -0.25) is 15.0 Å². The Morgan fingerprint density at radius 2 is 2.45 bits per heavy atom. The van der Waals surface area contributed by atoms with Gasteiger partial charge in [-0.15, -0.1) is 0 Å². The minimum Gasteiger partial charge on any atom is -0.288 e. The number of carbonyl (C=O) groups is 1. The summed E-state index contributed by atoms with van der Waals surface area (Å²) < 4.78 is 0. The Hall–Kier alpha value is -1.13. The Bertz CT molecular complexity index is 277. The van der Waals surface area contributed by atoms with Crippen LogP contribution in [0.15, 0.2) is 18.3 Å². The number of rotatable bonds is 1. The average molecular weight is 173 g/mol. The molecule has 4 nitrogen and oxygen atoms in total. The van der Waals surface area contributed by atoms with Gasteiger partial charge in [0.05, 0.1) is 0 Å². The van der Waals surface area contributed by atoms with Crippen molar-refractivity contribution in [3.8, 4) is 0 Å². The van der Waals surface area contributed by atoms with Gasteiger partial charge < -0.3 is 0 Å². The van der Waals surface area contributed by atoms with E-state index in [4.69, 9.17) is 16.8 Å².